The minimum Gasteiger partial charge on any atom is -0.496 e. The normalized spacial score (nSPS) is 17.4. The SMILES string of the molecule is CCCN1CCN(S(=O)(=O)c2c(C)cc(OC)c(C)c2C)CC1. The van der Waals surface area contributed by atoms with Crippen LogP contribution in [-0.2, 0) is 10.0 Å². The van der Waals surface area contributed by atoms with Crippen molar-refractivity contribution >= 4 is 10.0 Å². The number of hydrogen-bond acceptors (Lipinski definition) is 4. The van der Waals surface area contributed by atoms with Crippen LogP contribution in [0.3, 0.4) is 0 Å². The summed E-state index contributed by atoms with van der Waals surface area (Å²) in [5.41, 5.74) is 2.43. The summed E-state index contributed by atoms with van der Waals surface area (Å²) >= 11 is 0. The summed E-state index contributed by atoms with van der Waals surface area (Å²) < 4.78 is 33.2. The summed E-state index contributed by atoms with van der Waals surface area (Å²) in [5.74, 6) is 0.742. The van der Waals surface area contributed by atoms with Crippen LogP contribution in [0.25, 0.3) is 0 Å². The highest BCUT2D eigenvalue weighted by Crippen LogP contribution is 2.32. The lowest BCUT2D eigenvalue weighted by atomic mass is 10.1. The van der Waals surface area contributed by atoms with E-state index in [4.69, 9.17) is 4.74 Å². The number of methoxy groups -OCH3 is 1. The second-order valence-electron chi connectivity index (χ2n) is 6.22. The van der Waals surface area contributed by atoms with Crippen LogP contribution in [0, 0.1) is 20.8 Å². The molecule has 0 amide bonds. The number of piperazine rings is 1. The highest BCUT2D eigenvalue weighted by Gasteiger charge is 2.31. The van der Waals surface area contributed by atoms with Gasteiger partial charge in [0.25, 0.3) is 0 Å². The largest absolute Gasteiger partial charge is 0.496 e. The standard InChI is InChI=1S/C17H28N2O3S/c1-6-7-18-8-10-19(11-9-18)23(20,21)17-13(2)12-16(22-5)14(3)15(17)4/h12H,6-11H2,1-5H3. The van der Waals surface area contributed by atoms with Gasteiger partial charge in [-0.15, -0.1) is 0 Å². The summed E-state index contributed by atoms with van der Waals surface area (Å²) in [5, 5.41) is 0. The van der Waals surface area contributed by atoms with Gasteiger partial charge in [-0.1, -0.05) is 6.92 Å². The van der Waals surface area contributed by atoms with Crippen LogP contribution in [0.5, 0.6) is 5.75 Å². The molecule has 2 rings (SSSR count). The Morgan fingerprint density at radius 1 is 1.09 bits per heavy atom. The average molecular weight is 340 g/mol. The van der Waals surface area contributed by atoms with Gasteiger partial charge in [-0.2, -0.15) is 4.31 Å². The molecule has 0 radical (unpaired) electrons. The molecule has 0 N–H and O–H groups in total. The van der Waals surface area contributed by atoms with Crippen LogP contribution in [0.1, 0.15) is 30.0 Å². The van der Waals surface area contributed by atoms with E-state index in [9.17, 15) is 8.42 Å². The Morgan fingerprint density at radius 2 is 1.70 bits per heavy atom. The van der Waals surface area contributed by atoms with Gasteiger partial charge in [0, 0.05) is 26.2 Å². The van der Waals surface area contributed by atoms with Gasteiger partial charge in [0.2, 0.25) is 10.0 Å². The fourth-order valence-electron chi connectivity index (χ4n) is 3.27. The molecule has 0 aliphatic carbocycles. The van der Waals surface area contributed by atoms with Crippen molar-refractivity contribution in [2.45, 2.75) is 39.0 Å². The van der Waals surface area contributed by atoms with E-state index in [1.54, 1.807) is 11.4 Å². The number of hydrogen-bond donors (Lipinski definition) is 0. The maximum absolute atomic E-state index is 13.1. The zero-order chi connectivity index (χ0) is 17.2. The van der Waals surface area contributed by atoms with Gasteiger partial charge in [-0.05, 0) is 56.5 Å². The van der Waals surface area contributed by atoms with Crippen LogP contribution in [0.2, 0.25) is 0 Å². The van der Waals surface area contributed by atoms with Crippen molar-refractivity contribution in [1.82, 2.24) is 9.21 Å². The summed E-state index contributed by atoms with van der Waals surface area (Å²) in [6.07, 6.45) is 1.10. The van der Waals surface area contributed by atoms with E-state index in [2.05, 4.69) is 11.8 Å². The highest BCUT2D eigenvalue weighted by molar-refractivity contribution is 7.89. The molecule has 6 heteroatoms. The summed E-state index contributed by atoms with van der Waals surface area (Å²) in [7, 11) is -1.84. The lowest BCUT2D eigenvalue weighted by Gasteiger charge is -2.34. The van der Waals surface area contributed by atoms with Gasteiger partial charge in [-0.3, -0.25) is 0 Å². The van der Waals surface area contributed by atoms with Gasteiger partial charge >= 0.3 is 0 Å². The first kappa shape index (κ1) is 18.2. The van der Waals surface area contributed by atoms with Crippen LogP contribution >= 0.6 is 0 Å². The number of sulfonamides is 1. The first-order valence-electron chi connectivity index (χ1n) is 8.20. The van der Waals surface area contributed by atoms with Gasteiger partial charge in [-0.25, -0.2) is 8.42 Å². The van der Waals surface area contributed by atoms with Crippen molar-refractivity contribution in [2.75, 3.05) is 39.8 Å². The average Bonchev–Trinajstić information content (AvgIpc) is 2.51. The molecule has 23 heavy (non-hydrogen) atoms. The van der Waals surface area contributed by atoms with Crippen molar-refractivity contribution in [3.8, 4) is 5.75 Å². The lowest BCUT2D eigenvalue weighted by Crippen LogP contribution is -2.48. The molecule has 1 fully saturated rings. The molecular formula is C17H28N2O3S. The summed E-state index contributed by atoms with van der Waals surface area (Å²) in [4.78, 5) is 2.77. The van der Waals surface area contributed by atoms with Crippen LogP contribution in [0.15, 0.2) is 11.0 Å². The van der Waals surface area contributed by atoms with Crippen LogP contribution in [0.4, 0.5) is 0 Å². The van der Waals surface area contributed by atoms with E-state index in [0.717, 1.165) is 48.5 Å². The Morgan fingerprint density at radius 3 is 2.22 bits per heavy atom. The molecule has 1 aromatic rings. The van der Waals surface area contributed by atoms with Crippen molar-refractivity contribution in [3.05, 3.63) is 22.8 Å². The highest BCUT2D eigenvalue weighted by atomic mass is 32.2. The molecule has 0 atom stereocenters. The second-order valence-corrected chi connectivity index (χ2v) is 8.10. The topological polar surface area (TPSA) is 49.9 Å². The quantitative estimate of drug-likeness (QED) is 0.825. The molecule has 0 spiro atoms. The van der Waals surface area contributed by atoms with Gasteiger partial charge in [0.1, 0.15) is 5.75 Å². The third kappa shape index (κ3) is 3.54. The minimum absolute atomic E-state index is 0.444. The zero-order valence-corrected chi connectivity index (χ0v) is 15.7. The van der Waals surface area contributed by atoms with E-state index < -0.39 is 10.0 Å². The third-order valence-electron chi connectivity index (χ3n) is 4.67. The molecule has 1 aliphatic rings. The van der Waals surface area contributed by atoms with E-state index in [1.807, 2.05) is 26.8 Å². The Bertz CT molecular complexity index is 663. The molecule has 1 aromatic carbocycles. The van der Waals surface area contributed by atoms with Crippen molar-refractivity contribution < 1.29 is 13.2 Å². The summed E-state index contributed by atoms with van der Waals surface area (Å²) in [6, 6.07) is 1.82. The molecule has 0 bridgehead atoms. The number of aryl methyl sites for hydroxylation is 1. The van der Waals surface area contributed by atoms with E-state index in [0.29, 0.717) is 18.0 Å². The smallest absolute Gasteiger partial charge is 0.243 e. The van der Waals surface area contributed by atoms with Gasteiger partial charge in [0.05, 0.1) is 12.0 Å². The second kappa shape index (κ2) is 7.20. The number of rotatable bonds is 5. The monoisotopic (exact) mass is 340 g/mol. The number of nitrogens with zero attached hydrogens (tertiary/aromatic N) is 2. The molecule has 130 valence electrons. The first-order valence-corrected chi connectivity index (χ1v) is 9.64. The van der Waals surface area contributed by atoms with Crippen LogP contribution in [-0.4, -0.2) is 57.5 Å². The van der Waals surface area contributed by atoms with E-state index >= 15 is 0 Å². The summed E-state index contributed by atoms with van der Waals surface area (Å²) in [6.45, 7) is 11.5. The third-order valence-corrected chi connectivity index (χ3v) is 6.86. The molecule has 1 aliphatic heterocycles. The van der Waals surface area contributed by atoms with Gasteiger partial charge < -0.3 is 9.64 Å². The first-order chi connectivity index (χ1) is 10.8. The predicted octanol–water partition coefficient (Wildman–Crippen LogP) is 2.34. The zero-order valence-electron chi connectivity index (χ0n) is 14.8. The maximum atomic E-state index is 13.1. The lowest BCUT2D eigenvalue weighted by molar-refractivity contribution is 0.188. The maximum Gasteiger partial charge on any atom is 0.243 e. The van der Waals surface area contributed by atoms with Crippen molar-refractivity contribution in [3.63, 3.8) is 0 Å². The number of benzene rings is 1. The van der Waals surface area contributed by atoms with Gasteiger partial charge in [0.15, 0.2) is 0 Å². The Hall–Kier alpha value is -1.11. The van der Waals surface area contributed by atoms with Crippen molar-refractivity contribution in [2.24, 2.45) is 0 Å². The Labute approximate surface area is 140 Å². The minimum atomic E-state index is -3.46. The van der Waals surface area contributed by atoms with Crippen molar-refractivity contribution in [1.29, 1.82) is 0 Å². The Kier molecular flexibility index (Phi) is 5.70. The molecule has 1 saturated heterocycles. The molecule has 0 unspecified atom stereocenters. The molecule has 0 saturated carbocycles. The fourth-order valence-corrected chi connectivity index (χ4v) is 5.18. The van der Waals surface area contributed by atoms with E-state index in [1.165, 1.54) is 0 Å². The fraction of sp³-hybridized carbons (Fsp3) is 0.647. The Balaban J connectivity index is 2.33. The molecular weight excluding hydrogens is 312 g/mol. The van der Waals surface area contributed by atoms with E-state index in [-0.39, 0.29) is 0 Å². The predicted molar refractivity (Wildman–Crippen MR) is 92.7 cm³/mol. The van der Waals surface area contributed by atoms with Crippen LogP contribution < -0.4 is 4.74 Å². The molecule has 5 nitrogen and oxygen atoms in total. The molecule has 1 heterocycles. The molecule has 0 aromatic heterocycles. The number of ether oxygens (including phenoxy) is 1.